The summed E-state index contributed by atoms with van der Waals surface area (Å²) in [6.07, 6.45) is 7.05. The number of alkyl carbamates (subject to hydrolysis) is 1. The lowest BCUT2D eigenvalue weighted by molar-refractivity contribution is -0.142. The number of terminal acetylenes is 1. The molecule has 2 aromatic rings. The Morgan fingerprint density at radius 2 is 1.62 bits per heavy atom. The zero-order valence-electron chi connectivity index (χ0n) is 25.3. The van der Waals surface area contributed by atoms with E-state index >= 15 is 0 Å². The molecule has 0 heterocycles. The van der Waals surface area contributed by atoms with Gasteiger partial charge in [-0.25, -0.2) is 4.79 Å². The van der Waals surface area contributed by atoms with Crippen molar-refractivity contribution >= 4 is 23.6 Å². The fraction of sp³-hybridized carbons (Fsp3) is 0.485. The van der Waals surface area contributed by atoms with Crippen LogP contribution in [0.2, 0.25) is 0 Å². The molecule has 2 rings (SSSR count). The van der Waals surface area contributed by atoms with E-state index in [4.69, 9.17) is 11.2 Å². The molecule has 7 heteroatoms. The van der Waals surface area contributed by atoms with Gasteiger partial charge in [0.05, 0.1) is 0 Å². The van der Waals surface area contributed by atoms with Crippen molar-refractivity contribution in [2.24, 2.45) is 5.92 Å². The zero-order chi connectivity index (χ0) is 30.0. The number of carbonyl (C=O) groups excluding carboxylic acids is 3. The summed E-state index contributed by atoms with van der Waals surface area (Å²) >= 11 is 0. The quantitative estimate of drug-likeness (QED) is 0.313. The third-order valence-corrected chi connectivity index (χ3v) is 6.87. The number of ether oxygens (including phenoxy) is 1. The molecule has 0 fully saturated rings. The lowest BCUT2D eigenvalue weighted by Crippen LogP contribution is -2.55. The Hall–Kier alpha value is -3.79. The summed E-state index contributed by atoms with van der Waals surface area (Å²) in [5, 5.41) is 5.89. The van der Waals surface area contributed by atoms with Crippen LogP contribution < -0.4 is 10.6 Å². The minimum Gasteiger partial charge on any atom is -0.444 e. The molecular formula is C33H45N3O4. The number of amides is 3. The number of anilines is 1. The topological polar surface area (TPSA) is 87.7 Å². The summed E-state index contributed by atoms with van der Waals surface area (Å²) in [5.74, 6) is 1.73. The summed E-state index contributed by atoms with van der Waals surface area (Å²) in [5.41, 5.74) is 3.14. The first-order valence-corrected chi connectivity index (χ1v) is 14.1. The third kappa shape index (κ3) is 8.87. The molecule has 2 aromatic carbocycles. The van der Waals surface area contributed by atoms with E-state index in [1.165, 1.54) is 0 Å². The van der Waals surface area contributed by atoms with E-state index in [0.29, 0.717) is 36.2 Å². The second-order valence-electron chi connectivity index (χ2n) is 11.3. The molecule has 0 aliphatic carbocycles. The van der Waals surface area contributed by atoms with Crippen LogP contribution in [0.4, 0.5) is 10.5 Å². The summed E-state index contributed by atoms with van der Waals surface area (Å²) in [4.78, 5) is 42.8. The number of benzene rings is 2. The van der Waals surface area contributed by atoms with Crippen LogP contribution >= 0.6 is 0 Å². The molecule has 0 bridgehead atoms. The van der Waals surface area contributed by atoms with E-state index in [-0.39, 0.29) is 17.7 Å². The molecule has 0 spiro atoms. The predicted octanol–water partition coefficient (Wildman–Crippen LogP) is 6.53. The van der Waals surface area contributed by atoms with Gasteiger partial charge in [-0.3, -0.25) is 9.59 Å². The van der Waals surface area contributed by atoms with Crippen LogP contribution in [0.15, 0.2) is 42.5 Å². The first-order chi connectivity index (χ1) is 18.8. The van der Waals surface area contributed by atoms with Gasteiger partial charge in [0.25, 0.3) is 5.91 Å². The number of hydrogen-bond acceptors (Lipinski definition) is 4. The first kappa shape index (κ1) is 32.4. The van der Waals surface area contributed by atoms with Crippen LogP contribution in [0.25, 0.3) is 0 Å². The highest BCUT2D eigenvalue weighted by Crippen LogP contribution is 2.28. The van der Waals surface area contributed by atoms with Crippen LogP contribution in [0, 0.1) is 32.1 Å². The van der Waals surface area contributed by atoms with E-state index in [1.54, 1.807) is 49.9 Å². The maximum Gasteiger partial charge on any atom is 0.408 e. The lowest BCUT2D eigenvalue weighted by atomic mass is 9.95. The summed E-state index contributed by atoms with van der Waals surface area (Å²) < 4.78 is 5.48. The highest BCUT2D eigenvalue weighted by molar-refractivity contribution is 6.00. The number of nitrogens with one attached hydrogen (secondary N) is 2. The van der Waals surface area contributed by atoms with Crippen molar-refractivity contribution in [2.45, 2.75) is 92.3 Å². The second-order valence-corrected chi connectivity index (χ2v) is 11.3. The van der Waals surface area contributed by atoms with Crippen molar-refractivity contribution < 1.29 is 19.1 Å². The van der Waals surface area contributed by atoms with Crippen molar-refractivity contribution in [1.82, 2.24) is 10.2 Å². The molecule has 0 aromatic heterocycles. The average molecular weight is 548 g/mol. The fourth-order valence-electron chi connectivity index (χ4n) is 4.43. The van der Waals surface area contributed by atoms with Crippen LogP contribution in [-0.4, -0.2) is 41.0 Å². The number of aryl methyl sites for hydroxylation is 2. The Balaban J connectivity index is 2.61. The smallest absolute Gasteiger partial charge is 0.408 e. The largest absolute Gasteiger partial charge is 0.444 e. The standard InChI is InChI=1S/C33H45N3O4/c1-10-13-21-36(31(38)28(22(4)11-2)35-32(39)40-33(7,8)9)29(26-19-17-25(12-3)18-20-26)30(37)34-27-23(5)15-14-16-24(27)6/h3,14-20,22,28-29H,10-11,13,21H2,1-2,4-9H3,(H,34,37)(H,35,39). The van der Waals surface area contributed by atoms with Gasteiger partial charge in [-0.2, -0.15) is 0 Å². The Morgan fingerprint density at radius 3 is 2.12 bits per heavy atom. The van der Waals surface area contributed by atoms with Crippen LogP contribution in [0.5, 0.6) is 0 Å². The van der Waals surface area contributed by atoms with Gasteiger partial charge in [-0.15, -0.1) is 6.42 Å². The van der Waals surface area contributed by atoms with Crippen molar-refractivity contribution in [3.63, 3.8) is 0 Å². The maximum absolute atomic E-state index is 14.3. The number of hydrogen-bond donors (Lipinski definition) is 2. The maximum atomic E-state index is 14.3. The number of unbranched alkanes of at least 4 members (excludes halogenated alkanes) is 1. The fourth-order valence-corrected chi connectivity index (χ4v) is 4.43. The monoisotopic (exact) mass is 547 g/mol. The van der Waals surface area contributed by atoms with Crippen molar-refractivity contribution in [3.05, 3.63) is 64.7 Å². The summed E-state index contributed by atoms with van der Waals surface area (Å²) in [7, 11) is 0. The first-order valence-electron chi connectivity index (χ1n) is 14.1. The van der Waals surface area contributed by atoms with E-state index in [2.05, 4.69) is 16.6 Å². The molecule has 0 saturated carbocycles. The molecule has 7 nitrogen and oxygen atoms in total. The highest BCUT2D eigenvalue weighted by atomic mass is 16.6. The Labute approximate surface area is 240 Å². The van der Waals surface area contributed by atoms with Gasteiger partial charge in [-0.05, 0) is 75.8 Å². The van der Waals surface area contributed by atoms with Crippen molar-refractivity contribution in [1.29, 1.82) is 0 Å². The Morgan fingerprint density at radius 1 is 1.02 bits per heavy atom. The van der Waals surface area contributed by atoms with Gasteiger partial charge < -0.3 is 20.3 Å². The molecule has 216 valence electrons. The lowest BCUT2D eigenvalue weighted by Gasteiger charge is -2.36. The number of para-hydroxylation sites is 1. The summed E-state index contributed by atoms with van der Waals surface area (Å²) in [6.45, 7) is 15.4. The molecule has 0 radical (unpaired) electrons. The minimum absolute atomic E-state index is 0.199. The van der Waals surface area contributed by atoms with Gasteiger partial charge in [0.15, 0.2) is 0 Å². The molecule has 0 aliphatic heterocycles. The van der Waals surface area contributed by atoms with Gasteiger partial charge in [0.1, 0.15) is 17.7 Å². The predicted molar refractivity (Wildman–Crippen MR) is 161 cm³/mol. The van der Waals surface area contributed by atoms with Crippen molar-refractivity contribution in [3.8, 4) is 12.3 Å². The molecule has 2 N–H and O–H groups in total. The van der Waals surface area contributed by atoms with Gasteiger partial charge in [-0.1, -0.05) is 69.9 Å². The zero-order valence-corrected chi connectivity index (χ0v) is 25.3. The molecule has 3 atom stereocenters. The second kappa shape index (κ2) is 14.6. The van der Waals surface area contributed by atoms with E-state index < -0.39 is 23.8 Å². The summed E-state index contributed by atoms with van der Waals surface area (Å²) in [6, 6.07) is 11.1. The number of nitrogens with zero attached hydrogens (tertiary/aromatic N) is 1. The highest BCUT2D eigenvalue weighted by Gasteiger charge is 2.38. The third-order valence-electron chi connectivity index (χ3n) is 6.87. The van der Waals surface area contributed by atoms with Crippen molar-refractivity contribution in [2.75, 3.05) is 11.9 Å². The van der Waals surface area contributed by atoms with E-state index in [1.807, 2.05) is 52.8 Å². The Bertz CT molecular complexity index is 1190. The SMILES string of the molecule is C#Cc1ccc(C(C(=O)Nc2c(C)cccc2C)N(CCCC)C(=O)C(NC(=O)OC(C)(C)C)C(C)CC)cc1. The molecule has 3 unspecified atom stereocenters. The average Bonchev–Trinajstić information content (AvgIpc) is 2.90. The minimum atomic E-state index is -0.947. The molecule has 0 saturated heterocycles. The van der Waals surface area contributed by atoms with E-state index in [0.717, 1.165) is 17.5 Å². The molecule has 0 aliphatic rings. The number of rotatable bonds is 11. The number of carbonyl (C=O) groups is 3. The molecule has 40 heavy (non-hydrogen) atoms. The Kier molecular flexibility index (Phi) is 11.8. The van der Waals surface area contributed by atoms with Gasteiger partial charge >= 0.3 is 6.09 Å². The van der Waals surface area contributed by atoms with Crippen LogP contribution in [0.3, 0.4) is 0 Å². The molecular weight excluding hydrogens is 502 g/mol. The molecule has 3 amide bonds. The normalized spacial score (nSPS) is 13.4. The van der Waals surface area contributed by atoms with Gasteiger partial charge in [0.2, 0.25) is 5.91 Å². The van der Waals surface area contributed by atoms with Gasteiger partial charge in [0, 0.05) is 17.8 Å². The van der Waals surface area contributed by atoms with Crippen LogP contribution in [-0.2, 0) is 14.3 Å². The van der Waals surface area contributed by atoms with E-state index in [9.17, 15) is 14.4 Å². The van der Waals surface area contributed by atoms with Crippen LogP contribution in [0.1, 0.15) is 89.1 Å².